The minimum atomic E-state index is -4.27. The van der Waals surface area contributed by atoms with Crippen molar-refractivity contribution >= 4 is 11.6 Å². The molecule has 1 aromatic rings. The van der Waals surface area contributed by atoms with Crippen molar-refractivity contribution in [2.75, 3.05) is 25.5 Å². The number of rotatable bonds is 5. The number of nitrogens with zero attached hydrogens (tertiary/aromatic N) is 2. The van der Waals surface area contributed by atoms with E-state index in [9.17, 15) is 18.0 Å². The first kappa shape index (κ1) is 15.3. The number of alkyl halides is 3. The molecule has 1 rings (SSSR count). The summed E-state index contributed by atoms with van der Waals surface area (Å²) in [4.78, 5) is 16.9. The Hall–Kier alpha value is -1.79. The molecule has 1 heterocycles. The van der Waals surface area contributed by atoms with Gasteiger partial charge in [0.1, 0.15) is 0 Å². The molecule has 0 aliphatic carbocycles. The average Bonchev–Trinajstić information content (AvgIpc) is 2.35. The van der Waals surface area contributed by atoms with E-state index in [0.29, 0.717) is 12.2 Å². The number of pyridine rings is 1. The quantitative estimate of drug-likeness (QED) is 0.898. The van der Waals surface area contributed by atoms with Crippen LogP contribution >= 0.6 is 0 Å². The fourth-order valence-electron chi connectivity index (χ4n) is 1.51. The van der Waals surface area contributed by atoms with Crippen LogP contribution in [0.25, 0.3) is 0 Å². The minimum Gasteiger partial charge on any atom is -0.385 e. The minimum absolute atomic E-state index is 0.272. The van der Waals surface area contributed by atoms with Crippen molar-refractivity contribution < 1.29 is 18.0 Å². The Morgan fingerprint density at radius 3 is 2.74 bits per heavy atom. The van der Waals surface area contributed by atoms with Gasteiger partial charge >= 0.3 is 6.18 Å². The molecule has 106 valence electrons. The number of hydrogen-bond acceptors (Lipinski definition) is 3. The van der Waals surface area contributed by atoms with Gasteiger partial charge in [0.2, 0.25) is 0 Å². The lowest BCUT2D eigenvalue weighted by molar-refractivity contribution is -0.136. The van der Waals surface area contributed by atoms with E-state index in [0.717, 1.165) is 4.90 Å². The monoisotopic (exact) mass is 275 g/mol. The van der Waals surface area contributed by atoms with Gasteiger partial charge in [-0.25, -0.2) is 0 Å². The van der Waals surface area contributed by atoms with Crippen LogP contribution < -0.4 is 5.32 Å². The zero-order valence-electron chi connectivity index (χ0n) is 10.8. The fourth-order valence-corrected chi connectivity index (χ4v) is 1.51. The van der Waals surface area contributed by atoms with Gasteiger partial charge in [-0.05, 0) is 13.0 Å². The van der Waals surface area contributed by atoms with E-state index in [1.165, 1.54) is 19.4 Å². The van der Waals surface area contributed by atoms with Gasteiger partial charge in [-0.2, -0.15) is 13.2 Å². The van der Waals surface area contributed by atoms with Crippen LogP contribution in [0.1, 0.15) is 23.7 Å². The lowest BCUT2D eigenvalue weighted by Gasteiger charge is -2.19. The molecular weight excluding hydrogens is 259 g/mol. The largest absolute Gasteiger partial charge is 0.390 e. The number of nitrogens with one attached hydrogen (secondary N) is 1. The van der Waals surface area contributed by atoms with E-state index in [-0.39, 0.29) is 12.1 Å². The number of carbonyl (C=O) groups excluding carboxylic acids is 1. The summed E-state index contributed by atoms with van der Waals surface area (Å²) in [5.74, 6) is -0.478. The maximum Gasteiger partial charge on any atom is 0.390 e. The van der Waals surface area contributed by atoms with Gasteiger partial charge < -0.3 is 10.2 Å². The van der Waals surface area contributed by atoms with E-state index in [2.05, 4.69) is 10.3 Å². The highest BCUT2D eigenvalue weighted by atomic mass is 19.4. The first-order valence-electron chi connectivity index (χ1n) is 5.85. The third-order valence-electron chi connectivity index (χ3n) is 2.50. The highest BCUT2D eigenvalue weighted by Crippen LogP contribution is 2.21. The van der Waals surface area contributed by atoms with Gasteiger partial charge in [-0.3, -0.25) is 9.78 Å². The molecule has 0 saturated carbocycles. The maximum atomic E-state index is 12.1. The number of halogens is 3. The van der Waals surface area contributed by atoms with E-state index in [1.54, 1.807) is 6.07 Å². The molecule has 0 aromatic carbocycles. The second-order valence-electron chi connectivity index (χ2n) is 4.04. The summed E-state index contributed by atoms with van der Waals surface area (Å²) in [5.41, 5.74) is 0.843. The predicted molar refractivity (Wildman–Crippen MR) is 66.0 cm³/mol. The van der Waals surface area contributed by atoms with Crippen LogP contribution in [0.5, 0.6) is 0 Å². The highest BCUT2D eigenvalue weighted by molar-refractivity contribution is 5.99. The fraction of sp³-hybridized carbons (Fsp3) is 0.500. The summed E-state index contributed by atoms with van der Waals surface area (Å²) in [6.07, 6.45) is -2.42. The second kappa shape index (κ2) is 6.40. The van der Waals surface area contributed by atoms with Crippen molar-refractivity contribution in [3.8, 4) is 0 Å². The zero-order chi connectivity index (χ0) is 14.5. The summed E-state index contributed by atoms with van der Waals surface area (Å²) >= 11 is 0. The molecule has 0 saturated heterocycles. The lowest BCUT2D eigenvalue weighted by atomic mass is 10.2. The van der Waals surface area contributed by atoms with E-state index >= 15 is 0 Å². The van der Waals surface area contributed by atoms with Crippen LogP contribution in [-0.4, -0.2) is 42.1 Å². The predicted octanol–water partition coefficient (Wildman–Crippen LogP) is 2.54. The van der Waals surface area contributed by atoms with E-state index < -0.39 is 18.5 Å². The van der Waals surface area contributed by atoms with Gasteiger partial charge in [0.15, 0.2) is 0 Å². The molecule has 1 aromatic heterocycles. The first-order chi connectivity index (χ1) is 8.85. The SMILES string of the molecule is CCNc1ccncc1C(=O)N(C)CCC(F)(F)F. The van der Waals surface area contributed by atoms with E-state index in [1.807, 2.05) is 6.92 Å². The van der Waals surface area contributed by atoms with Crippen LogP contribution in [0.15, 0.2) is 18.5 Å². The Bertz CT molecular complexity index is 434. The van der Waals surface area contributed by atoms with Crippen molar-refractivity contribution in [1.82, 2.24) is 9.88 Å². The van der Waals surface area contributed by atoms with Gasteiger partial charge in [-0.15, -0.1) is 0 Å². The standard InChI is InChI=1S/C12H16F3N3O/c1-3-17-10-4-6-16-8-9(10)11(19)18(2)7-5-12(13,14)15/h4,6,8H,3,5,7H2,1-2H3,(H,16,17). The third-order valence-corrected chi connectivity index (χ3v) is 2.50. The highest BCUT2D eigenvalue weighted by Gasteiger charge is 2.28. The Morgan fingerprint density at radius 1 is 1.47 bits per heavy atom. The van der Waals surface area contributed by atoms with Gasteiger partial charge in [0.25, 0.3) is 5.91 Å². The van der Waals surface area contributed by atoms with Gasteiger partial charge in [0, 0.05) is 32.5 Å². The Kier molecular flexibility index (Phi) is 5.14. The molecule has 1 amide bonds. The lowest BCUT2D eigenvalue weighted by Crippen LogP contribution is -2.31. The Morgan fingerprint density at radius 2 is 2.16 bits per heavy atom. The molecule has 7 heteroatoms. The molecular formula is C12H16F3N3O. The number of amides is 1. The van der Waals surface area contributed by atoms with E-state index in [4.69, 9.17) is 0 Å². The molecule has 0 bridgehead atoms. The second-order valence-corrected chi connectivity index (χ2v) is 4.04. The van der Waals surface area contributed by atoms with Crippen molar-refractivity contribution in [2.45, 2.75) is 19.5 Å². The Balaban J connectivity index is 2.76. The van der Waals surface area contributed by atoms with Gasteiger partial charge in [0.05, 0.1) is 17.7 Å². The molecule has 0 atom stereocenters. The summed E-state index contributed by atoms with van der Waals surface area (Å²) < 4.78 is 36.4. The number of carbonyl (C=O) groups is 1. The Labute approximate surface area is 109 Å². The van der Waals surface area contributed by atoms with Crippen LogP contribution in [0.2, 0.25) is 0 Å². The van der Waals surface area contributed by atoms with Crippen molar-refractivity contribution in [3.63, 3.8) is 0 Å². The van der Waals surface area contributed by atoms with Crippen molar-refractivity contribution in [2.24, 2.45) is 0 Å². The zero-order valence-corrected chi connectivity index (χ0v) is 10.8. The average molecular weight is 275 g/mol. The molecule has 0 unspecified atom stereocenters. The summed E-state index contributed by atoms with van der Waals surface area (Å²) in [5, 5.41) is 2.97. The van der Waals surface area contributed by atoms with Crippen LogP contribution in [-0.2, 0) is 0 Å². The van der Waals surface area contributed by atoms with Crippen LogP contribution in [0.3, 0.4) is 0 Å². The summed E-state index contributed by atoms with van der Waals surface area (Å²) in [6.45, 7) is 2.10. The topological polar surface area (TPSA) is 45.2 Å². The molecule has 0 aliphatic rings. The van der Waals surface area contributed by atoms with Crippen LogP contribution in [0, 0.1) is 0 Å². The number of anilines is 1. The van der Waals surface area contributed by atoms with Gasteiger partial charge in [-0.1, -0.05) is 0 Å². The van der Waals surface area contributed by atoms with Crippen LogP contribution in [0.4, 0.5) is 18.9 Å². The van der Waals surface area contributed by atoms with Crippen molar-refractivity contribution in [3.05, 3.63) is 24.0 Å². The van der Waals surface area contributed by atoms with Crippen molar-refractivity contribution in [1.29, 1.82) is 0 Å². The smallest absolute Gasteiger partial charge is 0.385 e. The molecule has 19 heavy (non-hydrogen) atoms. The molecule has 0 fully saturated rings. The normalized spacial score (nSPS) is 11.2. The summed E-state index contributed by atoms with van der Waals surface area (Å²) in [6, 6.07) is 1.62. The summed E-state index contributed by atoms with van der Waals surface area (Å²) in [7, 11) is 1.34. The molecule has 1 N–H and O–H groups in total. The molecule has 0 radical (unpaired) electrons. The third kappa shape index (κ3) is 4.76. The number of aromatic nitrogens is 1. The number of hydrogen-bond donors (Lipinski definition) is 1. The molecule has 0 aliphatic heterocycles. The maximum absolute atomic E-state index is 12.1. The first-order valence-corrected chi connectivity index (χ1v) is 5.85. The molecule has 4 nitrogen and oxygen atoms in total. The molecule has 0 spiro atoms.